The maximum Gasteiger partial charge on any atom is 0.169 e. The van der Waals surface area contributed by atoms with Gasteiger partial charge in [0.15, 0.2) is 5.79 Å². The standard InChI is InChI=1S/C14H21NO3/c1-13(2,10-14(3)16-8-9-17-14)18-12-6-4-11(15)5-7-12/h4-7H,8-10,15H2,1-3H3. The zero-order chi connectivity index (χ0) is 13.2. The molecule has 1 heterocycles. The zero-order valence-corrected chi connectivity index (χ0v) is 11.2. The van der Waals surface area contributed by atoms with Crippen molar-refractivity contribution in [2.75, 3.05) is 18.9 Å². The maximum atomic E-state index is 5.97. The molecule has 0 atom stereocenters. The summed E-state index contributed by atoms with van der Waals surface area (Å²) in [5.74, 6) is 0.257. The van der Waals surface area contributed by atoms with Gasteiger partial charge in [-0.1, -0.05) is 0 Å². The van der Waals surface area contributed by atoms with Crippen LogP contribution >= 0.6 is 0 Å². The molecule has 1 aromatic carbocycles. The van der Waals surface area contributed by atoms with Gasteiger partial charge in [0.05, 0.1) is 13.2 Å². The van der Waals surface area contributed by atoms with Crippen molar-refractivity contribution in [2.24, 2.45) is 0 Å². The van der Waals surface area contributed by atoms with E-state index >= 15 is 0 Å². The van der Waals surface area contributed by atoms with Crippen molar-refractivity contribution in [3.63, 3.8) is 0 Å². The minimum atomic E-state index is -0.544. The van der Waals surface area contributed by atoms with Crippen LogP contribution in [0.15, 0.2) is 24.3 Å². The summed E-state index contributed by atoms with van der Waals surface area (Å²) < 4.78 is 17.2. The second-order valence-corrected chi connectivity index (χ2v) is 5.44. The molecule has 1 fully saturated rings. The lowest BCUT2D eigenvalue weighted by molar-refractivity contribution is -0.171. The number of nitrogens with two attached hydrogens (primary N) is 1. The van der Waals surface area contributed by atoms with Crippen LogP contribution in [0.5, 0.6) is 5.75 Å². The van der Waals surface area contributed by atoms with Crippen LogP contribution in [0.25, 0.3) is 0 Å². The Labute approximate surface area is 108 Å². The fraction of sp³-hybridized carbons (Fsp3) is 0.571. The number of nitrogen functional groups attached to an aromatic ring is 1. The molecule has 1 aliphatic heterocycles. The minimum Gasteiger partial charge on any atom is -0.488 e. The number of hydrogen-bond acceptors (Lipinski definition) is 4. The van der Waals surface area contributed by atoms with Crippen molar-refractivity contribution in [2.45, 2.75) is 38.6 Å². The van der Waals surface area contributed by atoms with E-state index in [9.17, 15) is 0 Å². The molecule has 0 aromatic heterocycles. The molecule has 4 nitrogen and oxygen atoms in total. The van der Waals surface area contributed by atoms with Crippen LogP contribution in [0.4, 0.5) is 5.69 Å². The molecule has 18 heavy (non-hydrogen) atoms. The van der Waals surface area contributed by atoms with Gasteiger partial charge in [0, 0.05) is 12.1 Å². The van der Waals surface area contributed by atoms with Gasteiger partial charge in [-0.3, -0.25) is 0 Å². The Morgan fingerprint density at radius 2 is 1.78 bits per heavy atom. The molecule has 0 radical (unpaired) electrons. The van der Waals surface area contributed by atoms with E-state index in [2.05, 4.69) is 0 Å². The summed E-state index contributed by atoms with van der Waals surface area (Å²) in [4.78, 5) is 0. The lowest BCUT2D eigenvalue weighted by Gasteiger charge is -2.33. The van der Waals surface area contributed by atoms with Gasteiger partial charge in [-0.25, -0.2) is 0 Å². The van der Waals surface area contributed by atoms with Crippen molar-refractivity contribution < 1.29 is 14.2 Å². The summed E-state index contributed by atoms with van der Waals surface area (Å²) in [5.41, 5.74) is 6.01. The van der Waals surface area contributed by atoms with Gasteiger partial charge in [-0.15, -0.1) is 0 Å². The molecule has 0 unspecified atom stereocenters. The highest BCUT2D eigenvalue weighted by atomic mass is 16.7. The highest BCUT2D eigenvalue weighted by Gasteiger charge is 2.38. The van der Waals surface area contributed by atoms with Crippen LogP contribution in [0, 0.1) is 0 Å². The number of ether oxygens (including phenoxy) is 3. The topological polar surface area (TPSA) is 53.7 Å². The van der Waals surface area contributed by atoms with Crippen LogP contribution in [-0.2, 0) is 9.47 Å². The Bertz CT molecular complexity index is 394. The van der Waals surface area contributed by atoms with Crippen LogP contribution in [0.2, 0.25) is 0 Å². The van der Waals surface area contributed by atoms with E-state index < -0.39 is 5.79 Å². The SMILES string of the molecule is CC(C)(CC1(C)OCCO1)Oc1ccc(N)cc1. The Morgan fingerprint density at radius 1 is 1.22 bits per heavy atom. The highest BCUT2D eigenvalue weighted by molar-refractivity contribution is 5.41. The molecule has 4 heteroatoms. The third kappa shape index (κ3) is 3.37. The fourth-order valence-corrected chi connectivity index (χ4v) is 2.32. The summed E-state index contributed by atoms with van der Waals surface area (Å²) in [5, 5.41) is 0. The van der Waals surface area contributed by atoms with E-state index in [4.69, 9.17) is 19.9 Å². The first kappa shape index (κ1) is 13.2. The largest absolute Gasteiger partial charge is 0.488 e. The van der Waals surface area contributed by atoms with Gasteiger partial charge in [0.25, 0.3) is 0 Å². The molecule has 0 amide bonds. The number of hydrogen-bond donors (Lipinski definition) is 1. The van der Waals surface area contributed by atoms with Gasteiger partial charge in [-0.05, 0) is 45.0 Å². The Kier molecular flexibility index (Phi) is 3.50. The summed E-state index contributed by atoms with van der Waals surface area (Å²) >= 11 is 0. The molecule has 1 aromatic rings. The van der Waals surface area contributed by atoms with Gasteiger partial charge >= 0.3 is 0 Å². The van der Waals surface area contributed by atoms with E-state index in [1.165, 1.54) is 0 Å². The van der Waals surface area contributed by atoms with Crippen molar-refractivity contribution in [3.05, 3.63) is 24.3 Å². The summed E-state index contributed by atoms with van der Waals surface area (Å²) in [6.45, 7) is 7.30. The molecule has 1 aliphatic rings. The first-order chi connectivity index (χ1) is 8.39. The average Bonchev–Trinajstić information content (AvgIpc) is 2.67. The second kappa shape index (κ2) is 4.78. The number of anilines is 1. The fourth-order valence-electron chi connectivity index (χ4n) is 2.32. The van der Waals surface area contributed by atoms with E-state index in [0.29, 0.717) is 19.6 Å². The predicted molar refractivity (Wildman–Crippen MR) is 70.5 cm³/mol. The van der Waals surface area contributed by atoms with Crippen molar-refractivity contribution in [3.8, 4) is 5.75 Å². The van der Waals surface area contributed by atoms with E-state index in [-0.39, 0.29) is 5.60 Å². The molecular weight excluding hydrogens is 230 g/mol. The zero-order valence-electron chi connectivity index (χ0n) is 11.2. The monoisotopic (exact) mass is 251 g/mol. The van der Waals surface area contributed by atoms with Gasteiger partial charge in [0.1, 0.15) is 11.4 Å². The van der Waals surface area contributed by atoms with Gasteiger partial charge < -0.3 is 19.9 Å². The highest BCUT2D eigenvalue weighted by Crippen LogP contribution is 2.31. The minimum absolute atomic E-state index is 0.366. The van der Waals surface area contributed by atoms with E-state index in [1.54, 1.807) is 0 Å². The molecule has 2 rings (SSSR count). The third-order valence-corrected chi connectivity index (χ3v) is 2.92. The van der Waals surface area contributed by atoms with E-state index in [1.807, 2.05) is 45.0 Å². The summed E-state index contributed by atoms with van der Waals surface area (Å²) in [6, 6.07) is 7.40. The Hall–Kier alpha value is -1.26. The molecule has 0 aliphatic carbocycles. The van der Waals surface area contributed by atoms with Crippen LogP contribution < -0.4 is 10.5 Å². The molecule has 0 bridgehead atoms. The van der Waals surface area contributed by atoms with Crippen molar-refractivity contribution >= 4 is 5.69 Å². The van der Waals surface area contributed by atoms with Gasteiger partial charge in [0.2, 0.25) is 0 Å². The molecule has 100 valence electrons. The van der Waals surface area contributed by atoms with Crippen molar-refractivity contribution in [1.29, 1.82) is 0 Å². The summed E-state index contributed by atoms with van der Waals surface area (Å²) in [7, 11) is 0. The normalized spacial score (nSPS) is 18.8. The first-order valence-electron chi connectivity index (χ1n) is 6.21. The average molecular weight is 251 g/mol. The quantitative estimate of drug-likeness (QED) is 0.836. The number of benzene rings is 1. The lowest BCUT2D eigenvalue weighted by Crippen LogP contribution is -2.40. The molecule has 0 saturated carbocycles. The Balaban J connectivity index is 2.00. The molecule has 0 spiro atoms. The smallest absolute Gasteiger partial charge is 0.169 e. The lowest BCUT2D eigenvalue weighted by atomic mass is 9.98. The van der Waals surface area contributed by atoms with Crippen LogP contribution in [-0.4, -0.2) is 24.6 Å². The second-order valence-electron chi connectivity index (χ2n) is 5.44. The maximum absolute atomic E-state index is 5.97. The van der Waals surface area contributed by atoms with Gasteiger partial charge in [-0.2, -0.15) is 0 Å². The van der Waals surface area contributed by atoms with E-state index in [0.717, 1.165) is 11.4 Å². The Morgan fingerprint density at radius 3 is 2.33 bits per heavy atom. The van der Waals surface area contributed by atoms with Crippen LogP contribution in [0.3, 0.4) is 0 Å². The molecular formula is C14H21NO3. The third-order valence-electron chi connectivity index (χ3n) is 2.92. The van der Waals surface area contributed by atoms with Crippen molar-refractivity contribution in [1.82, 2.24) is 0 Å². The first-order valence-corrected chi connectivity index (χ1v) is 6.21. The molecule has 2 N–H and O–H groups in total. The summed E-state index contributed by atoms with van der Waals surface area (Å²) in [6.07, 6.45) is 0.671. The predicted octanol–water partition coefficient (Wildman–Crippen LogP) is 2.58. The van der Waals surface area contributed by atoms with Crippen LogP contribution in [0.1, 0.15) is 27.2 Å². The number of rotatable bonds is 4. The molecule has 1 saturated heterocycles.